The van der Waals surface area contributed by atoms with Crippen LogP contribution in [0.15, 0.2) is 0 Å². The second-order valence-electron chi connectivity index (χ2n) is 5.57. The van der Waals surface area contributed by atoms with Gasteiger partial charge < -0.3 is 20.5 Å². The Morgan fingerprint density at radius 1 is 1.30 bits per heavy atom. The van der Waals surface area contributed by atoms with Crippen LogP contribution in [0.2, 0.25) is 0 Å². The normalized spacial score (nSPS) is 26.0. The van der Waals surface area contributed by atoms with E-state index in [0.717, 1.165) is 12.8 Å². The van der Waals surface area contributed by atoms with E-state index >= 15 is 0 Å². The summed E-state index contributed by atoms with van der Waals surface area (Å²) in [5, 5.41) is 14.8. The number of carbonyl (C=O) groups excluding carboxylic acids is 1. The van der Waals surface area contributed by atoms with Crippen molar-refractivity contribution in [2.75, 3.05) is 26.3 Å². The van der Waals surface area contributed by atoms with Gasteiger partial charge in [-0.1, -0.05) is 6.92 Å². The number of aliphatic carboxylic acids is 1. The molecule has 1 aliphatic rings. The molecule has 0 aromatic carbocycles. The molecule has 20 heavy (non-hydrogen) atoms. The molecule has 0 saturated heterocycles. The zero-order chi connectivity index (χ0) is 15.0. The van der Waals surface area contributed by atoms with Crippen molar-refractivity contribution in [1.29, 1.82) is 0 Å². The highest BCUT2D eigenvalue weighted by atomic mass is 16.5. The van der Waals surface area contributed by atoms with Crippen LogP contribution in [0.25, 0.3) is 0 Å². The van der Waals surface area contributed by atoms with E-state index in [1.54, 1.807) is 0 Å². The summed E-state index contributed by atoms with van der Waals surface area (Å²) in [5.74, 6) is -0.235. The standard InChI is InChI=1S/C14H26N2O4/c1-3-20-9-8-15-13(19)16-10-14(12(17)18)6-4-11(2)5-7-14/h11H,3-10H2,1-2H3,(H,17,18)(H2,15,16,19). The van der Waals surface area contributed by atoms with E-state index in [2.05, 4.69) is 17.6 Å². The molecular formula is C14H26N2O4. The van der Waals surface area contributed by atoms with Gasteiger partial charge in [-0.25, -0.2) is 4.79 Å². The lowest BCUT2D eigenvalue weighted by Gasteiger charge is -2.35. The Hall–Kier alpha value is -1.30. The van der Waals surface area contributed by atoms with Crippen LogP contribution in [0.4, 0.5) is 4.79 Å². The maximum absolute atomic E-state index is 11.6. The van der Waals surface area contributed by atoms with Crippen molar-refractivity contribution >= 4 is 12.0 Å². The Kier molecular flexibility index (Phi) is 6.78. The van der Waals surface area contributed by atoms with E-state index in [0.29, 0.717) is 38.5 Å². The molecule has 2 amide bonds. The fourth-order valence-electron chi connectivity index (χ4n) is 2.47. The highest BCUT2D eigenvalue weighted by Gasteiger charge is 2.41. The third-order valence-corrected chi connectivity index (χ3v) is 4.01. The number of carbonyl (C=O) groups is 2. The molecule has 0 spiro atoms. The van der Waals surface area contributed by atoms with Gasteiger partial charge in [0.1, 0.15) is 0 Å². The van der Waals surface area contributed by atoms with Gasteiger partial charge in [0.2, 0.25) is 0 Å². The molecule has 0 aliphatic heterocycles. The number of carboxylic acid groups (broad SMARTS) is 1. The first kappa shape index (κ1) is 16.8. The SMILES string of the molecule is CCOCCNC(=O)NCC1(C(=O)O)CCC(C)CC1. The minimum Gasteiger partial charge on any atom is -0.481 e. The van der Waals surface area contributed by atoms with Crippen LogP contribution in [0.3, 0.4) is 0 Å². The smallest absolute Gasteiger partial charge is 0.314 e. The molecule has 0 heterocycles. The van der Waals surface area contributed by atoms with E-state index in [9.17, 15) is 14.7 Å². The quantitative estimate of drug-likeness (QED) is 0.620. The van der Waals surface area contributed by atoms with Crippen LogP contribution in [0, 0.1) is 11.3 Å². The van der Waals surface area contributed by atoms with Gasteiger partial charge in [-0.2, -0.15) is 0 Å². The van der Waals surface area contributed by atoms with Crippen LogP contribution in [-0.2, 0) is 9.53 Å². The first-order valence-electron chi connectivity index (χ1n) is 7.33. The van der Waals surface area contributed by atoms with Gasteiger partial charge in [0, 0.05) is 19.7 Å². The molecule has 116 valence electrons. The molecule has 6 nitrogen and oxygen atoms in total. The molecule has 0 unspecified atom stereocenters. The molecule has 0 radical (unpaired) electrons. The van der Waals surface area contributed by atoms with E-state index in [1.165, 1.54) is 0 Å². The van der Waals surface area contributed by atoms with Gasteiger partial charge in [0.15, 0.2) is 0 Å². The Morgan fingerprint density at radius 3 is 2.50 bits per heavy atom. The molecule has 1 aliphatic carbocycles. The van der Waals surface area contributed by atoms with E-state index in [1.807, 2.05) is 6.92 Å². The maximum atomic E-state index is 11.6. The first-order valence-corrected chi connectivity index (χ1v) is 7.33. The molecule has 0 aromatic rings. The summed E-state index contributed by atoms with van der Waals surface area (Å²) in [4.78, 5) is 23.1. The number of rotatable bonds is 7. The minimum atomic E-state index is -0.806. The molecular weight excluding hydrogens is 260 g/mol. The average molecular weight is 286 g/mol. The first-order chi connectivity index (χ1) is 9.50. The van der Waals surface area contributed by atoms with Gasteiger partial charge in [-0.15, -0.1) is 0 Å². The molecule has 0 aromatic heterocycles. The monoisotopic (exact) mass is 286 g/mol. The van der Waals surface area contributed by atoms with Crippen molar-refractivity contribution in [2.24, 2.45) is 11.3 Å². The van der Waals surface area contributed by atoms with Crippen LogP contribution >= 0.6 is 0 Å². The zero-order valence-electron chi connectivity index (χ0n) is 12.4. The highest BCUT2D eigenvalue weighted by molar-refractivity contribution is 5.78. The summed E-state index contributed by atoms with van der Waals surface area (Å²) in [5.41, 5.74) is -0.802. The average Bonchev–Trinajstić information content (AvgIpc) is 2.43. The number of hydrogen-bond donors (Lipinski definition) is 3. The molecule has 6 heteroatoms. The molecule has 1 rings (SSSR count). The summed E-state index contributed by atoms with van der Waals surface area (Å²) < 4.78 is 5.11. The number of urea groups is 1. The van der Waals surface area contributed by atoms with Crippen molar-refractivity contribution in [3.8, 4) is 0 Å². The lowest BCUT2D eigenvalue weighted by molar-refractivity contribution is -0.151. The lowest BCUT2D eigenvalue weighted by atomic mass is 9.71. The fraction of sp³-hybridized carbons (Fsp3) is 0.857. The largest absolute Gasteiger partial charge is 0.481 e. The maximum Gasteiger partial charge on any atom is 0.314 e. The molecule has 1 saturated carbocycles. The lowest BCUT2D eigenvalue weighted by Crippen LogP contribution is -2.48. The van der Waals surface area contributed by atoms with E-state index in [-0.39, 0.29) is 12.6 Å². The van der Waals surface area contributed by atoms with Gasteiger partial charge in [-0.05, 0) is 38.5 Å². The Bertz CT molecular complexity index is 325. The number of amides is 2. The Balaban J connectivity index is 2.36. The highest BCUT2D eigenvalue weighted by Crippen LogP contribution is 2.38. The summed E-state index contributed by atoms with van der Waals surface area (Å²) >= 11 is 0. The fourth-order valence-corrected chi connectivity index (χ4v) is 2.47. The van der Waals surface area contributed by atoms with Crippen molar-refractivity contribution in [1.82, 2.24) is 10.6 Å². The molecule has 3 N–H and O–H groups in total. The van der Waals surface area contributed by atoms with Crippen molar-refractivity contribution in [3.05, 3.63) is 0 Å². The molecule has 1 fully saturated rings. The Morgan fingerprint density at radius 2 is 1.95 bits per heavy atom. The molecule has 0 bridgehead atoms. The van der Waals surface area contributed by atoms with Crippen LogP contribution in [0.5, 0.6) is 0 Å². The summed E-state index contributed by atoms with van der Waals surface area (Å²) in [6.07, 6.45) is 3.06. The topological polar surface area (TPSA) is 87.7 Å². The zero-order valence-corrected chi connectivity index (χ0v) is 12.4. The summed E-state index contributed by atoms with van der Waals surface area (Å²) in [6.45, 7) is 5.72. The van der Waals surface area contributed by atoms with Gasteiger partial charge in [0.25, 0.3) is 0 Å². The second kappa shape index (κ2) is 8.09. The Labute approximate surface area is 120 Å². The van der Waals surface area contributed by atoms with Crippen LogP contribution < -0.4 is 10.6 Å². The number of hydrogen-bond acceptors (Lipinski definition) is 3. The van der Waals surface area contributed by atoms with Crippen molar-refractivity contribution in [2.45, 2.75) is 39.5 Å². The van der Waals surface area contributed by atoms with E-state index in [4.69, 9.17) is 4.74 Å². The predicted molar refractivity (Wildman–Crippen MR) is 75.6 cm³/mol. The van der Waals surface area contributed by atoms with Crippen molar-refractivity contribution in [3.63, 3.8) is 0 Å². The van der Waals surface area contributed by atoms with Crippen molar-refractivity contribution < 1.29 is 19.4 Å². The summed E-state index contributed by atoms with van der Waals surface area (Å²) in [6, 6.07) is -0.330. The van der Waals surface area contributed by atoms with Gasteiger partial charge in [0.05, 0.1) is 12.0 Å². The number of ether oxygens (including phenoxy) is 1. The number of carboxylic acids is 1. The third-order valence-electron chi connectivity index (χ3n) is 4.01. The van der Waals surface area contributed by atoms with E-state index < -0.39 is 11.4 Å². The van der Waals surface area contributed by atoms with Crippen LogP contribution in [-0.4, -0.2) is 43.4 Å². The number of nitrogens with one attached hydrogen (secondary N) is 2. The minimum absolute atomic E-state index is 0.190. The third kappa shape index (κ3) is 5.00. The summed E-state index contributed by atoms with van der Waals surface area (Å²) in [7, 11) is 0. The second-order valence-corrected chi connectivity index (χ2v) is 5.57. The van der Waals surface area contributed by atoms with Crippen LogP contribution in [0.1, 0.15) is 39.5 Å². The predicted octanol–water partition coefficient (Wildman–Crippen LogP) is 1.60. The van der Waals surface area contributed by atoms with Gasteiger partial charge in [-0.3, -0.25) is 4.79 Å². The molecule has 0 atom stereocenters. The van der Waals surface area contributed by atoms with Gasteiger partial charge >= 0.3 is 12.0 Å².